The minimum atomic E-state index is 0.567. The van der Waals surface area contributed by atoms with Crippen LogP contribution in [0.5, 0.6) is 0 Å². The SMILES string of the molecule is N#Cc1ccc(-c2nc(-c3ccc(-c4cccnc4)cc3)cc(-c3cc(-c4ccc5oc6ccccc6c5c4)cc(-c4ccc5oc6ccccc6c5c4)c3)n2)cc1. The molecular formula is C52H30N4O2. The zero-order chi connectivity index (χ0) is 38.6. The van der Waals surface area contributed by atoms with Crippen LogP contribution in [-0.2, 0) is 0 Å². The van der Waals surface area contributed by atoms with E-state index in [-0.39, 0.29) is 0 Å². The van der Waals surface area contributed by atoms with Crippen molar-refractivity contribution in [2.75, 3.05) is 0 Å². The number of benzene rings is 7. The molecule has 0 bridgehead atoms. The van der Waals surface area contributed by atoms with Crippen molar-refractivity contribution >= 4 is 43.9 Å². The maximum absolute atomic E-state index is 9.53. The summed E-state index contributed by atoms with van der Waals surface area (Å²) in [6.07, 6.45) is 3.64. The van der Waals surface area contributed by atoms with Gasteiger partial charge in [0.2, 0.25) is 0 Å². The predicted octanol–water partition coefficient (Wildman–Crippen LogP) is 13.5. The van der Waals surface area contributed by atoms with Gasteiger partial charge in [-0.15, -0.1) is 0 Å². The van der Waals surface area contributed by atoms with Crippen molar-refractivity contribution in [1.82, 2.24) is 15.0 Å². The first kappa shape index (κ1) is 33.2. The first-order valence-corrected chi connectivity index (χ1v) is 19.0. The second-order valence-corrected chi connectivity index (χ2v) is 14.4. The van der Waals surface area contributed by atoms with Crippen molar-refractivity contribution in [3.63, 3.8) is 0 Å². The third-order valence-corrected chi connectivity index (χ3v) is 10.8. The van der Waals surface area contributed by atoms with Crippen LogP contribution in [0.2, 0.25) is 0 Å². The molecule has 6 heteroatoms. The highest BCUT2D eigenvalue weighted by atomic mass is 16.3. The highest BCUT2D eigenvalue weighted by molar-refractivity contribution is 6.07. The molecular weight excluding hydrogens is 713 g/mol. The normalized spacial score (nSPS) is 11.4. The third kappa shape index (κ3) is 5.87. The monoisotopic (exact) mass is 742 g/mol. The summed E-state index contributed by atoms with van der Waals surface area (Å²) in [7, 11) is 0. The molecule has 0 aliphatic rings. The first-order chi connectivity index (χ1) is 28.6. The van der Waals surface area contributed by atoms with E-state index in [1.54, 1.807) is 18.3 Å². The molecule has 270 valence electrons. The minimum Gasteiger partial charge on any atom is -0.456 e. The maximum Gasteiger partial charge on any atom is 0.160 e. The lowest BCUT2D eigenvalue weighted by Gasteiger charge is -2.14. The van der Waals surface area contributed by atoms with E-state index in [0.29, 0.717) is 11.4 Å². The van der Waals surface area contributed by atoms with Gasteiger partial charge in [-0.2, -0.15) is 5.26 Å². The number of pyridine rings is 1. The van der Waals surface area contributed by atoms with Gasteiger partial charge in [-0.05, 0) is 124 Å². The Balaban J connectivity index is 1.12. The Bertz CT molecular complexity index is 3260. The van der Waals surface area contributed by atoms with Crippen LogP contribution in [0.15, 0.2) is 191 Å². The van der Waals surface area contributed by atoms with Crippen molar-refractivity contribution < 1.29 is 8.83 Å². The van der Waals surface area contributed by atoms with Crippen molar-refractivity contribution in [3.05, 3.63) is 188 Å². The van der Waals surface area contributed by atoms with Crippen LogP contribution in [0.1, 0.15) is 5.56 Å². The summed E-state index contributed by atoms with van der Waals surface area (Å²) in [5, 5.41) is 13.8. The van der Waals surface area contributed by atoms with E-state index in [1.807, 2.05) is 60.8 Å². The average Bonchev–Trinajstić information content (AvgIpc) is 3.87. The highest BCUT2D eigenvalue weighted by Crippen LogP contribution is 2.39. The Labute approximate surface area is 333 Å². The van der Waals surface area contributed by atoms with Crippen LogP contribution in [-0.4, -0.2) is 15.0 Å². The summed E-state index contributed by atoms with van der Waals surface area (Å²) >= 11 is 0. The first-order valence-electron chi connectivity index (χ1n) is 19.0. The van der Waals surface area contributed by atoms with Crippen molar-refractivity contribution in [3.8, 4) is 73.4 Å². The fourth-order valence-electron chi connectivity index (χ4n) is 7.85. The van der Waals surface area contributed by atoms with E-state index in [4.69, 9.17) is 18.8 Å². The van der Waals surface area contributed by atoms with E-state index in [1.165, 1.54) is 0 Å². The molecule has 0 fully saturated rings. The maximum atomic E-state index is 9.53. The predicted molar refractivity (Wildman–Crippen MR) is 232 cm³/mol. The van der Waals surface area contributed by atoms with Crippen LogP contribution in [0.25, 0.3) is 111 Å². The lowest BCUT2D eigenvalue weighted by atomic mass is 9.93. The molecule has 0 spiro atoms. The van der Waals surface area contributed by atoms with Gasteiger partial charge in [-0.3, -0.25) is 4.98 Å². The molecule has 0 N–H and O–H groups in total. The van der Waals surface area contributed by atoms with Gasteiger partial charge in [-0.1, -0.05) is 78.9 Å². The van der Waals surface area contributed by atoms with Gasteiger partial charge in [0.25, 0.3) is 0 Å². The Morgan fingerprint density at radius 2 is 0.897 bits per heavy atom. The van der Waals surface area contributed by atoms with Crippen LogP contribution in [0.4, 0.5) is 0 Å². The largest absolute Gasteiger partial charge is 0.456 e. The fourth-order valence-corrected chi connectivity index (χ4v) is 7.85. The van der Waals surface area contributed by atoms with Crippen LogP contribution in [0, 0.1) is 11.3 Å². The molecule has 58 heavy (non-hydrogen) atoms. The minimum absolute atomic E-state index is 0.567. The molecule has 0 unspecified atom stereocenters. The number of para-hydroxylation sites is 2. The van der Waals surface area contributed by atoms with Crippen molar-refractivity contribution in [1.29, 1.82) is 5.26 Å². The van der Waals surface area contributed by atoms with Gasteiger partial charge in [-0.25, -0.2) is 9.97 Å². The Morgan fingerprint density at radius 3 is 1.48 bits per heavy atom. The zero-order valence-electron chi connectivity index (χ0n) is 30.9. The number of hydrogen-bond acceptors (Lipinski definition) is 6. The smallest absolute Gasteiger partial charge is 0.160 e. The number of nitriles is 1. The zero-order valence-corrected chi connectivity index (χ0v) is 30.9. The number of aromatic nitrogens is 3. The highest BCUT2D eigenvalue weighted by Gasteiger charge is 2.16. The van der Waals surface area contributed by atoms with Crippen molar-refractivity contribution in [2.24, 2.45) is 0 Å². The number of nitrogens with zero attached hydrogens (tertiary/aromatic N) is 4. The molecule has 0 atom stereocenters. The lowest BCUT2D eigenvalue weighted by molar-refractivity contribution is 0.668. The van der Waals surface area contributed by atoms with Crippen LogP contribution < -0.4 is 0 Å². The number of fused-ring (bicyclic) bond motifs is 6. The van der Waals surface area contributed by atoms with Gasteiger partial charge in [0.15, 0.2) is 5.82 Å². The second kappa shape index (κ2) is 13.6. The van der Waals surface area contributed by atoms with E-state index < -0.39 is 0 Å². The third-order valence-electron chi connectivity index (χ3n) is 10.8. The van der Waals surface area contributed by atoms with Gasteiger partial charge in [0.1, 0.15) is 22.3 Å². The molecule has 0 aliphatic heterocycles. The molecule has 4 heterocycles. The van der Waals surface area contributed by atoms with Gasteiger partial charge in [0, 0.05) is 50.6 Å². The topological polar surface area (TPSA) is 88.7 Å². The molecule has 0 saturated heterocycles. The van der Waals surface area contributed by atoms with Gasteiger partial charge in [0.05, 0.1) is 23.0 Å². The van der Waals surface area contributed by atoms with E-state index in [0.717, 1.165) is 105 Å². The standard InChI is InChI=1S/C52H30N4O2/c53-30-32-11-13-35(14-12-32)52-55-46(34-17-15-33(16-18-34)38-6-5-23-54-31-38)29-47(56-52)41-25-39(36-19-21-50-44(27-36)42-7-1-3-9-48(42)57-50)24-40(26-41)37-20-22-51-45(28-37)43-8-2-4-10-49(43)58-51/h1-29,31H. The molecule has 0 saturated carbocycles. The van der Waals surface area contributed by atoms with Gasteiger partial charge >= 0.3 is 0 Å². The van der Waals surface area contributed by atoms with E-state index in [9.17, 15) is 5.26 Å². The number of hydrogen-bond donors (Lipinski definition) is 0. The summed E-state index contributed by atoms with van der Waals surface area (Å²) < 4.78 is 12.4. The molecule has 11 aromatic rings. The lowest BCUT2D eigenvalue weighted by Crippen LogP contribution is -1.97. The summed E-state index contributed by atoms with van der Waals surface area (Å²) in [4.78, 5) is 14.6. The molecule has 0 radical (unpaired) electrons. The fraction of sp³-hybridized carbons (Fsp3) is 0. The van der Waals surface area contributed by atoms with Crippen LogP contribution in [0.3, 0.4) is 0 Å². The molecule has 7 aromatic carbocycles. The summed E-state index contributed by atoms with van der Waals surface area (Å²) in [6.45, 7) is 0. The molecule has 0 amide bonds. The number of furan rings is 2. The van der Waals surface area contributed by atoms with E-state index >= 15 is 0 Å². The Hall–Kier alpha value is -8.14. The average molecular weight is 743 g/mol. The summed E-state index contributed by atoms with van der Waals surface area (Å²) in [5.41, 5.74) is 14.6. The molecule has 11 rings (SSSR count). The Morgan fingerprint density at radius 1 is 0.379 bits per heavy atom. The van der Waals surface area contributed by atoms with Gasteiger partial charge < -0.3 is 8.83 Å². The number of rotatable bonds is 6. The molecule has 4 aromatic heterocycles. The van der Waals surface area contributed by atoms with E-state index in [2.05, 4.69) is 114 Å². The summed E-state index contributed by atoms with van der Waals surface area (Å²) in [6, 6.07) is 59.8. The molecule has 6 nitrogen and oxygen atoms in total. The quantitative estimate of drug-likeness (QED) is 0.168. The summed E-state index contributed by atoms with van der Waals surface area (Å²) in [5.74, 6) is 0.567. The Kier molecular flexibility index (Phi) is 7.76. The molecule has 0 aliphatic carbocycles. The van der Waals surface area contributed by atoms with Crippen LogP contribution >= 0.6 is 0 Å². The second-order valence-electron chi connectivity index (χ2n) is 14.4. The van der Waals surface area contributed by atoms with Crippen molar-refractivity contribution in [2.45, 2.75) is 0 Å².